The molecule has 1 aliphatic rings. The zero-order chi connectivity index (χ0) is 16.2. The van der Waals surface area contributed by atoms with Gasteiger partial charge < -0.3 is 10.2 Å². The van der Waals surface area contributed by atoms with Gasteiger partial charge in [0, 0.05) is 50.0 Å². The molecule has 1 saturated heterocycles. The molecule has 0 aliphatic carbocycles. The first-order chi connectivity index (χ1) is 10.4. The van der Waals surface area contributed by atoms with E-state index in [0.717, 1.165) is 57.2 Å². The van der Waals surface area contributed by atoms with Crippen molar-refractivity contribution in [2.75, 3.05) is 45.1 Å². The molecular weight excluding hydrogens is 274 g/mol. The maximum atomic E-state index is 4.63. The molecule has 0 spiro atoms. The third kappa shape index (κ3) is 4.92. The first-order valence-electron chi connectivity index (χ1n) is 8.41. The van der Waals surface area contributed by atoms with Crippen LogP contribution >= 0.6 is 0 Å². The zero-order valence-electron chi connectivity index (χ0n) is 14.8. The average molecular weight is 305 g/mol. The highest BCUT2D eigenvalue weighted by molar-refractivity contribution is 5.45. The molecule has 124 valence electrons. The molecule has 0 unspecified atom stereocenters. The Balaban J connectivity index is 2.03. The molecule has 1 aromatic rings. The predicted octanol–water partition coefficient (Wildman–Crippen LogP) is 2.18. The van der Waals surface area contributed by atoms with Crippen LogP contribution in [0.1, 0.15) is 38.6 Å². The molecule has 0 radical (unpaired) electrons. The van der Waals surface area contributed by atoms with E-state index in [-0.39, 0.29) is 5.54 Å². The monoisotopic (exact) mass is 305 g/mol. The van der Waals surface area contributed by atoms with Gasteiger partial charge in [0.15, 0.2) is 0 Å². The van der Waals surface area contributed by atoms with E-state index in [1.165, 1.54) is 5.56 Å². The van der Waals surface area contributed by atoms with E-state index < -0.39 is 0 Å². The number of likely N-dealkylation sites (N-methyl/N-ethyl adjacent to an activating group) is 1. The molecule has 1 aromatic heterocycles. The maximum absolute atomic E-state index is 4.63. The van der Waals surface area contributed by atoms with Gasteiger partial charge in [-0.2, -0.15) is 0 Å². The fraction of sp³-hybridized carbons (Fsp3) is 0.765. The van der Waals surface area contributed by atoms with E-state index in [1.807, 2.05) is 13.1 Å². The van der Waals surface area contributed by atoms with Crippen LogP contribution in [0.3, 0.4) is 0 Å². The largest absolute Gasteiger partial charge is 0.364 e. The van der Waals surface area contributed by atoms with Gasteiger partial charge in [-0.15, -0.1) is 0 Å². The third-order valence-corrected chi connectivity index (χ3v) is 4.18. The molecular formula is C17H31N5. The minimum atomic E-state index is -0.000797. The lowest BCUT2D eigenvalue weighted by Gasteiger charge is -2.38. The second kappa shape index (κ2) is 7.38. The molecule has 5 heteroatoms. The van der Waals surface area contributed by atoms with E-state index in [1.54, 1.807) is 0 Å². The molecule has 1 fully saturated rings. The topological polar surface area (TPSA) is 44.3 Å². The van der Waals surface area contributed by atoms with Gasteiger partial charge in [0.25, 0.3) is 0 Å². The summed E-state index contributed by atoms with van der Waals surface area (Å²) in [4.78, 5) is 13.9. The Labute approximate surface area is 135 Å². The summed E-state index contributed by atoms with van der Waals surface area (Å²) in [5.74, 6) is 1.84. The van der Waals surface area contributed by atoms with Crippen LogP contribution in [0.25, 0.3) is 0 Å². The number of aromatic nitrogens is 2. The Morgan fingerprint density at radius 3 is 2.55 bits per heavy atom. The highest BCUT2D eigenvalue weighted by Crippen LogP contribution is 2.20. The van der Waals surface area contributed by atoms with Crippen LogP contribution in [0.15, 0.2) is 6.20 Å². The molecule has 2 heterocycles. The average Bonchev–Trinajstić information content (AvgIpc) is 2.44. The van der Waals surface area contributed by atoms with Crippen molar-refractivity contribution in [2.45, 2.75) is 46.1 Å². The van der Waals surface area contributed by atoms with Crippen LogP contribution in [-0.2, 0) is 6.42 Å². The Hall–Kier alpha value is -1.20. The number of anilines is 1. The minimum Gasteiger partial charge on any atom is -0.364 e. The lowest BCUT2D eigenvalue weighted by molar-refractivity contribution is 0.138. The lowest BCUT2D eigenvalue weighted by atomic mass is 10.0. The summed E-state index contributed by atoms with van der Waals surface area (Å²) in [5, 5.41) is 3.66. The smallest absolute Gasteiger partial charge is 0.133 e. The number of piperazine rings is 1. The molecule has 5 nitrogen and oxygen atoms in total. The molecule has 22 heavy (non-hydrogen) atoms. The Morgan fingerprint density at radius 1 is 1.23 bits per heavy atom. The normalized spacial score (nSPS) is 17.7. The highest BCUT2D eigenvalue weighted by Gasteiger charge is 2.25. The predicted molar refractivity (Wildman–Crippen MR) is 92.4 cm³/mol. The number of rotatable bonds is 6. The number of hydrogen-bond acceptors (Lipinski definition) is 5. The van der Waals surface area contributed by atoms with Crippen molar-refractivity contribution in [2.24, 2.45) is 0 Å². The standard InChI is InChI=1S/C17H31N5/c1-6-7-15-12-18-14(2)19-16(15)20-17(3,4)13-22-10-8-21(5)9-11-22/h12H,6-11,13H2,1-5H3,(H,18,19,20). The van der Waals surface area contributed by atoms with Gasteiger partial charge in [-0.1, -0.05) is 13.3 Å². The summed E-state index contributed by atoms with van der Waals surface area (Å²) in [7, 11) is 2.20. The number of aryl methyl sites for hydroxylation is 2. The van der Waals surface area contributed by atoms with Crippen LogP contribution < -0.4 is 5.32 Å². The first kappa shape index (κ1) is 17.2. The van der Waals surface area contributed by atoms with Crippen LogP contribution in [0.5, 0.6) is 0 Å². The summed E-state index contributed by atoms with van der Waals surface area (Å²) < 4.78 is 0. The van der Waals surface area contributed by atoms with Crippen LogP contribution in [0.4, 0.5) is 5.82 Å². The Bertz CT molecular complexity index is 478. The summed E-state index contributed by atoms with van der Waals surface area (Å²) in [6.45, 7) is 14.3. The zero-order valence-corrected chi connectivity index (χ0v) is 14.8. The second-order valence-corrected chi connectivity index (χ2v) is 7.13. The van der Waals surface area contributed by atoms with Crippen molar-refractivity contribution in [3.05, 3.63) is 17.6 Å². The van der Waals surface area contributed by atoms with Crippen molar-refractivity contribution in [3.63, 3.8) is 0 Å². The summed E-state index contributed by atoms with van der Waals surface area (Å²) in [6, 6.07) is 0. The van der Waals surface area contributed by atoms with Gasteiger partial charge in [0.1, 0.15) is 11.6 Å². The van der Waals surface area contributed by atoms with E-state index in [0.29, 0.717) is 0 Å². The van der Waals surface area contributed by atoms with Crippen molar-refractivity contribution < 1.29 is 0 Å². The number of nitrogens with zero attached hydrogens (tertiary/aromatic N) is 4. The summed E-state index contributed by atoms with van der Waals surface area (Å²) in [6.07, 6.45) is 4.10. The van der Waals surface area contributed by atoms with E-state index >= 15 is 0 Å². The lowest BCUT2D eigenvalue weighted by Crippen LogP contribution is -2.51. The van der Waals surface area contributed by atoms with Gasteiger partial charge >= 0.3 is 0 Å². The van der Waals surface area contributed by atoms with Gasteiger partial charge in [-0.05, 0) is 34.2 Å². The first-order valence-corrected chi connectivity index (χ1v) is 8.41. The number of nitrogens with one attached hydrogen (secondary N) is 1. The summed E-state index contributed by atoms with van der Waals surface area (Å²) >= 11 is 0. The molecule has 1 N–H and O–H groups in total. The van der Waals surface area contributed by atoms with E-state index in [9.17, 15) is 0 Å². The fourth-order valence-electron chi connectivity index (χ4n) is 2.98. The minimum absolute atomic E-state index is 0.000797. The quantitative estimate of drug-likeness (QED) is 0.872. The highest BCUT2D eigenvalue weighted by atomic mass is 15.3. The molecule has 0 amide bonds. The molecule has 1 aliphatic heterocycles. The van der Waals surface area contributed by atoms with Crippen LogP contribution in [-0.4, -0.2) is 65.1 Å². The summed E-state index contributed by atoms with van der Waals surface area (Å²) in [5.41, 5.74) is 1.22. The molecule has 0 aromatic carbocycles. The van der Waals surface area contributed by atoms with Gasteiger partial charge in [0.05, 0.1) is 0 Å². The van der Waals surface area contributed by atoms with Crippen molar-refractivity contribution in [3.8, 4) is 0 Å². The molecule has 0 bridgehead atoms. The fourth-order valence-corrected chi connectivity index (χ4v) is 2.98. The number of hydrogen-bond donors (Lipinski definition) is 1. The van der Waals surface area contributed by atoms with Crippen LogP contribution in [0, 0.1) is 6.92 Å². The molecule has 2 rings (SSSR count). The van der Waals surface area contributed by atoms with Gasteiger partial charge in [-0.25, -0.2) is 9.97 Å². The third-order valence-electron chi connectivity index (χ3n) is 4.18. The SMILES string of the molecule is CCCc1cnc(C)nc1NC(C)(C)CN1CCN(C)CC1. The van der Waals surface area contributed by atoms with Crippen molar-refractivity contribution in [1.82, 2.24) is 19.8 Å². The van der Waals surface area contributed by atoms with Gasteiger partial charge in [-0.3, -0.25) is 4.90 Å². The van der Waals surface area contributed by atoms with Gasteiger partial charge in [0.2, 0.25) is 0 Å². The van der Waals surface area contributed by atoms with E-state index in [2.05, 4.69) is 52.9 Å². The van der Waals surface area contributed by atoms with Crippen LogP contribution in [0.2, 0.25) is 0 Å². The maximum Gasteiger partial charge on any atom is 0.133 e. The molecule has 0 atom stereocenters. The Kier molecular flexibility index (Phi) is 5.75. The molecule has 0 saturated carbocycles. The second-order valence-electron chi connectivity index (χ2n) is 7.13. The Morgan fingerprint density at radius 2 is 1.91 bits per heavy atom. The van der Waals surface area contributed by atoms with Crippen molar-refractivity contribution >= 4 is 5.82 Å². The van der Waals surface area contributed by atoms with E-state index in [4.69, 9.17) is 0 Å². The van der Waals surface area contributed by atoms with Crippen molar-refractivity contribution in [1.29, 1.82) is 0 Å².